The average Bonchev–Trinajstić information content (AvgIpc) is 3.09. The number of aromatic nitrogens is 2. The molecule has 2 atom stereocenters. The molecule has 19 heavy (non-hydrogen) atoms. The van der Waals surface area contributed by atoms with Crippen LogP contribution in [0.5, 0.6) is 0 Å². The third-order valence-corrected chi connectivity index (χ3v) is 4.81. The third kappa shape index (κ3) is 2.67. The second-order valence-electron chi connectivity index (χ2n) is 6.07. The molecule has 0 amide bonds. The number of aliphatic carboxylic acids is 1. The van der Waals surface area contributed by atoms with Crippen LogP contribution >= 0.6 is 0 Å². The van der Waals surface area contributed by atoms with E-state index in [4.69, 9.17) is 0 Å². The van der Waals surface area contributed by atoms with Gasteiger partial charge < -0.3 is 5.11 Å². The molecule has 4 heteroatoms. The highest BCUT2D eigenvalue weighted by Gasteiger charge is 2.33. The van der Waals surface area contributed by atoms with E-state index in [1.165, 1.54) is 25.7 Å². The number of hydrogen-bond acceptors (Lipinski definition) is 2. The summed E-state index contributed by atoms with van der Waals surface area (Å²) >= 11 is 0. The molecule has 0 radical (unpaired) electrons. The molecule has 0 aliphatic heterocycles. The highest BCUT2D eigenvalue weighted by molar-refractivity contribution is 5.70. The van der Waals surface area contributed by atoms with Gasteiger partial charge >= 0.3 is 5.97 Å². The van der Waals surface area contributed by atoms with Crippen LogP contribution in [0, 0.1) is 11.8 Å². The molecule has 0 saturated heterocycles. The maximum atomic E-state index is 11.2. The van der Waals surface area contributed by atoms with E-state index in [1.54, 1.807) is 0 Å². The van der Waals surface area contributed by atoms with Crippen molar-refractivity contribution in [1.82, 2.24) is 9.78 Å². The lowest BCUT2D eigenvalue weighted by Crippen LogP contribution is -2.20. The third-order valence-electron chi connectivity index (χ3n) is 4.81. The first kappa shape index (κ1) is 12.7. The largest absolute Gasteiger partial charge is 0.481 e. The van der Waals surface area contributed by atoms with Gasteiger partial charge in [0.2, 0.25) is 0 Å². The van der Waals surface area contributed by atoms with Crippen molar-refractivity contribution in [3.05, 3.63) is 18.0 Å². The molecule has 1 aromatic rings. The maximum absolute atomic E-state index is 11.2. The Hall–Kier alpha value is -1.32. The molecular weight excluding hydrogens is 240 g/mol. The molecule has 104 valence electrons. The normalized spacial score (nSPS) is 28.0. The number of nitrogens with zero attached hydrogens (tertiary/aromatic N) is 2. The van der Waals surface area contributed by atoms with E-state index in [-0.39, 0.29) is 11.8 Å². The van der Waals surface area contributed by atoms with Crippen LogP contribution < -0.4 is 0 Å². The van der Waals surface area contributed by atoms with Crippen LogP contribution in [-0.4, -0.2) is 20.9 Å². The molecule has 2 fully saturated rings. The number of rotatable bonds is 4. The summed E-state index contributed by atoms with van der Waals surface area (Å²) in [6.07, 6.45) is 10.9. The van der Waals surface area contributed by atoms with E-state index in [9.17, 15) is 9.90 Å². The molecule has 0 aromatic carbocycles. The lowest BCUT2D eigenvalue weighted by atomic mass is 9.92. The predicted octanol–water partition coefficient (Wildman–Crippen LogP) is 3.04. The molecule has 3 rings (SSSR count). The van der Waals surface area contributed by atoms with Crippen LogP contribution in [0.25, 0.3) is 0 Å². The minimum Gasteiger partial charge on any atom is -0.481 e. The van der Waals surface area contributed by atoms with Gasteiger partial charge in [-0.2, -0.15) is 5.10 Å². The van der Waals surface area contributed by atoms with Crippen molar-refractivity contribution in [3.8, 4) is 0 Å². The number of carboxylic acid groups (broad SMARTS) is 1. The Morgan fingerprint density at radius 1 is 1.26 bits per heavy atom. The highest BCUT2D eigenvalue weighted by atomic mass is 16.4. The summed E-state index contributed by atoms with van der Waals surface area (Å²) in [7, 11) is 0. The molecule has 2 saturated carbocycles. The lowest BCUT2D eigenvalue weighted by Gasteiger charge is -2.14. The highest BCUT2D eigenvalue weighted by Crippen LogP contribution is 2.34. The van der Waals surface area contributed by atoms with Gasteiger partial charge in [0.15, 0.2) is 0 Å². The fraction of sp³-hybridized carbons (Fsp3) is 0.733. The Balaban J connectivity index is 1.65. The fourth-order valence-electron chi connectivity index (χ4n) is 3.73. The summed E-state index contributed by atoms with van der Waals surface area (Å²) < 4.78 is 2.10. The summed E-state index contributed by atoms with van der Waals surface area (Å²) in [6.45, 7) is 0. The maximum Gasteiger partial charge on any atom is 0.306 e. The fourth-order valence-corrected chi connectivity index (χ4v) is 3.73. The van der Waals surface area contributed by atoms with Crippen LogP contribution in [0.1, 0.15) is 56.7 Å². The summed E-state index contributed by atoms with van der Waals surface area (Å²) in [5, 5.41) is 13.9. The molecule has 1 N–H and O–H groups in total. The lowest BCUT2D eigenvalue weighted by molar-refractivity contribution is -0.142. The van der Waals surface area contributed by atoms with Gasteiger partial charge in [-0.25, -0.2) is 0 Å². The van der Waals surface area contributed by atoms with E-state index in [0.29, 0.717) is 6.04 Å². The van der Waals surface area contributed by atoms with Crippen molar-refractivity contribution >= 4 is 5.97 Å². The van der Waals surface area contributed by atoms with Crippen LogP contribution in [0.3, 0.4) is 0 Å². The Kier molecular flexibility index (Phi) is 3.58. The molecule has 0 spiro atoms. The van der Waals surface area contributed by atoms with Crippen LogP contribution in [0.4, 0.5) is 0 Å². The standard InChI is InChI=1S/C15H22N2O2/c18-15(19)14-7-3-4-11(14)10-12-8-9-17(16-12)13-5-1-2-6-13/h8-9,11,13-14H,1-7,10H2,(H,18,19). The van der Waals surface area contributed by atoms with Crippen LogP contribution in [0.15, 0.2) is 12.3 Å². The van der Waals surface area contributed by atoms with Gasteiger partial charge in [0.25, 0.3) is 0 Å². The van der Waals surface area contributed by atoms with Gasteiger partial charge in [0.05, 0.1) is 17.7 Å². The SMILES string of the molecule is O=C(O)C1CCCC1Cc1ccn(C2CCCC2)n1. The summed E-state index contributed by atoms with van der Waals surface area (Å²) in [4.78, 5) is 11.2. The Bertz CT molecular complexity index is 449. The number of hydrogen-bond donors (Lipinski definition) is 1. The van der Waals surface area contributed by atoms with E-state index in [2.05, 4.69) is 22.0 Å². The van der Waals surface area contributed by atoms with Gasteiger partial charge in [0.1, 0.15) is 0 Å². The zero-order valence-corrected chi connectivity index (χ0v) is 11.3. The van der Waals surface area contributed by atoms with Crippen molar-refractivity contribution < 1.29 is 9.90 Å². The molecule has 0 bridgehead atoms. The number of carboxylic acids is 1. The second kappa shape index (κ2) is 5.35. The first-order chi connectivity index (χ1) is 9.24. The molecule has 2 aliphatic rings. The van der Waals surface area contributed by atoms with Crippen molar-refractivity contribution in [2.45, 2.75) is 57.4 Å². The van der Waals surface area contributed by atoms with Crippen molar-refractivity contribution in [2.24, 2.45) is 11.8 Å². The Morgan fingerprint density at radius 3 is 2.79 bits per heavy atom. The monoisotopic (exact) mass is 262 g/mol. The first-order valence-electron chi connectivity index (χ1n) is 7.51. The van der Waals surface area contributed by atoms with Gasteiger partial charge in [-0.3, -0.25) is 9.48 Å². The molecule has 4 nitrogen and oxygen atoms in total. The average molecular weight is 262 g/mol. The van der Waals surface area contributed by atoms with Gasteiger partial charge in [0, 0.05) is 6.20 Å². The summed E-state index contributed by atoms with van der Waals surface area (Å²) in [5.74, 6) is -0.501. The summed E-state index contributed by atoms with van der Waals surface area (Å²) in [5.41, 5.74) is 1.07. The quantitative estimate of drug-likeness (QED) is 0.907. The molecule has 1 aromatic heterocycles. The molecule has 2 unspecified atom stereocenters. The van der Waals surface area contributed by atoms with E-state index >= 15 is 0 Å². The van der Waals surface area contributed by atoms with Gasteiger partial charge in [-0.15, -0.1) is 0 Å². The zero-order valence-electron chi connectivity index (χ0n) is 11.3. The molecular formula is C15H22N2O2. The Labute approximate surface area is 113 Å². The first-order valence-corrected chi connectivity index (χ1v) is 7.51. The zero-order chi connectivity index (χ0) is 13.2. The number of carbonyl (C=O) groups is 1. The van der Waals surface area contributed by atoms with E-state index in [1.807, 2.05) is 0 Å². The summed E-state index contributed by atoms with van der Waals surface area (Å²) in [6, 6.07) is 2.66. The van der Waals surface area contributed by atoms with Gasteiger partial charge in [-0.1, -0.05) is 19.3 Å². The van der Waals surface area contributed by atoms with Gasteiger partial charge in [-0.05, 0) is 44.1 Å². The topological polar surface area (TPSA) is 55.1 Å². The minimum atomic E-state index is -0.627. The molecule has 2 aliphatic carbocycles. The molecule has 1 heterocycles. The van der Waals surface area contributed by atoms with Crippen LogP contribution in [-0.2, 0) is 11.2 Å². The van der Waals surface area contributed by atoms with Crippen LogP contribution in [0.2, 0.25) is 0 Å². The minimum absolute atomic E-state index is 0.156. The van der Waals surface area contributed by atoms with E-state index < -0.39 is 5.97 Å². The van der Waals surface area contributed by atoms with Crippen molar-refractivity contribution in [2.75, 3.05) is 0 Å². The van der Waals surface area contributed by atoms with E-state index in [0.717, 1.165) is 31.4 Å². The van der Waals surface area contributed by atoms with Crippen molar-refractivity contribution in [3.63, 3.8) is 0 Å². The predicted molar refractivity (Wildman–Crippen MR) is 71.9 cm³/mol. The Morgan fingerprint density at radius 2 is 2.05 bits per heavy atom. The smallest absolute Gasteiger partial charge is 0.306 e. The second-order valence-corrected chi connectivity index (χ2v) is 6.07. The van der Waals surface area contributed by atoms with Crippen molar-refractivity contribution in [1.29, 1.82) is 0 Å².